The molecule has 27 heavy (non-hydrogen) atoms. The summed E-state index contributed by atoms with van der Waals surface area (Å²) in [6, 6.07) is 5.70. The van der Waals surface area contributed by atoms with Crippen LogP contribution in [0.4, 0.5) is 4.39 Å². The first-order chi connectivity index (χ1) is 13.1. The number of rotatable bonds is 8. The van der Waals surface area contributed by atoms with Crippen molar-refractivity contribution in [1.29, 1.82) is 0 Å². The molecule has 1 atom stereocenters. The average molecular weight is 373 g/mol. The number of halogens is 1. The van der Waals surface area contributed by atoms with Gasteiger partial charge in [-0.05, 0) is 24.1 Å². The Balaban J connectivity index is 1.49. The Labute approximate surface area is 157 Å². The first-order valence-electron chi connectivity index (χ1n) is 9.10. The van der Waals surface area contributed by atoms with Gasteiger partial charge in [0.05, 0.1) is 18.8 Å². The van der Waals surface area contributed by atoms with E-state index >= 15 is 0 Å². The molecule has 7 nitrogen and oxygen atoms in total. The van der Waals surface area contributed by atoms with Gasteiger partial charge in [-0.2, -0.15) is 0 Å². The number of carbonyl (C=O) groups excluding carboxylic acids is 2. The van der Waals surface area contributed by atoms with Crippen molar-refractivity contribution in [2.45, 2.75) is 32.0 Å². The van der Waals surface area contributed by atoms with Crippen molar-refractivity contribution in [2.24, 2.45) is 0 Å². The number of piperazine rings is 1. The molecule has 0 radical (unpaired) electrons. The minimum absolute atomic E-state index is 0.109. The fraction of sp³-hybridized carbons (Fsp3) is 0.421. The summed E-state index contributed by atoms with van der Waals surface area (Å²) in [5, 5.41) is 5.69. The minimum Gasteiger partial charge on any atom is -0.356 e. The van der Waals surface area contributed by atoms with Crippen LogP contribution in [0.15, 0.2) is 43.0 Å². The number of hydrogen-bond donors (Lipinski definition) is 2. The summed E-state index contributed by atoms with van der Waals surface area (Å²) in [5.41, 5.74) is 0.914. The SMILES string of the molecule is O=C(CC1C(=O)NCCN1Cc1ccc(F)cc1)NCCCn1ccnc1. The molecule has 1 aliphatic heterocycles. The summed E-state index contributed by atoms with van der Waals surface area (Å²) in [5.74, 6) is -0.578. The maximum Gasteiger partial charge on any atom is 0.237 e. The third-order valence-electron chi connectivity index (χ3n) is 4.59. The molecule has 1 aromatic carbocycles. The standard InChI is InChI=1S/C19H24FN5O2/c20-16-4-2-15(3-5-16)13-25-11-8-23-19(27)17(25)12-18(26)22-6-1-9-24-10-7-21-14-24/h2-5,7,10,14,17H,1,6,8-9,11-13H2,(H,22,26)(H,23,27). The van der Waals surface area contributed by atoms with E-state index in [1.807, 2.05) is 15.7 Å². The van der Waals surface area contributed by atoms with E-state index in [1.165, 1.54) is 12.1 Å². The molecular formula is C19H24FN5O2. The van der Waals surface area contributed by atoms with Gasteiger partial charge in [-0.3, -0.25) is 14.5 Å². The Morgan fingerprint density at radius 3 is 2.89 bits per heavy atom. The van der Waals surface area contributed by atoms with Crippen LogP contribution in [0.5, 0.6) is 0 Å². The topological polar surface area (TPSA) is 79.3 Å². The van der Waals surface area contributed by atoms with Gasteiger partial charge in [-0.25, -0.2) is 9.37 Å². The highest BCUT2D eigenvalue weighted by Crippen LogP contribution is 2.14. The summed E-state index contributed by atoms with van der Waals surface area (Å²) in [6.07, 6.45) is 6.23. The second kappa shape index (κ2) is 9.27. The number of hydrogen-bond acceptors (Lipinski definition) is 4. The van der Waals surface area contributed by atoms with Crippen LogP contribution < -0.4 is 10.6 Å². The van der Waals surface area contributed by atoms with Crippen molar-refractivity contribution in [2.75, 3.05) is 19.6 Å². The van der Waals surface area contributed by atoms with Crippen molar-refractivity contribution in [3.8, 4) is 0 Å². The van der Waals surface area contributed by atoms with Crippen LogP contribution in [0, 0.1) is 5.82 Å². The van der Waals surface area contributed by atoms with E-state index < -0.39 is 6.04 Å². The first kappa shape index (κ1) is 19.0. The number of imidazole rings is 1. The van der Waals surface area contributed by atoms with E-state index in [4.69, 9.17) is 0 Å². The van der Waals surface area contributed by atoms with Crippen LogP contribution in [0.3, 0.4) is 0 Å². The van der Waals surface area contributed by atoms with E-state index in [1.54, 1.807) is 24.7 Å². The number of benzene rings is 1. The molecule has 0 bridgehead atoms. The maximum atomic E-state index is 13.1. The number of aryl methyl sites for hydroxylation is 1. The lowest BCUT2D eigenvalue weighted by molar-refractivity contribution is -0.134. The number of carbonyl (C=O) groups is 2. The van der Waals surface area contributed by atoms with E-state index in [9.17, 15) is 14.0 Å². The second-order valence-electron chi connectivity index (χ2n) is 6.61. The van der Waals surface area contributed by atoms with E-state index in [0.717, 1.165) is 18.5 Å². The molecule has 2 heterocycles. The summed E-state index contributed by atoms with van der Waals surface area (Å²) < 4.78 is 15.0. The van der Waals surface area contributed by atoms with Gasteiger partial charge in [-0.1, -0.05) is 12.1 Å². The zero-order valence-electron chi connectivity index (χ0n) is 15.1. The van der Waals surface area contributed by atoms with Crippen molar-refractivity contribution in [3.63, 3.8) is 0 Å². The number of aromatic nitrogens is 2. The lowest BCUT2D eigenvalue weighted by Gasteiger charge is -2.34. The highest BCUT2D eigenvalue weighted by molar-refractivity contribution is 5.88. The Morgan fingerprint density at radius 1 is 1.33 bits per heavy atom. The molecule has 3 rings (SSSR count). The number of nitrogens with zero attached hydrogens (tertiary/aromatic N) is 3. The van der Waals surface area contributed by atoms with Crippen molar-refractivity contribution in [3.05, 3.63) is 54.4 Å². The van der Waals surface area contributed by atoms with Crippen LogP contribution in [-0.4, -0.2) is 51.9 Å². The van der Waals surface area contributed by atoms with Gasteiger partial charge in [0, 0.05) is 45.1 Å². The third kappa shape index (κ3) is 5.62. The summed E-state index contributed by atoms with van der Waals surface area (Å²) in [4.78, 5) is 30.5. The van der Waals surface area contributed by atoms with Gasteiger partial charge in [0.1, 0.15) is 5.82 Å². The van der Waals surface area contributed by atoms with Gasteiger partial charge >= 0.3 is 0 Å². The fourth-order valence-corrected chi connectivity index (χ4v) is 3.15. The monoisotopic (exact) mass is 373 g/mol. The molecule has 2 aromatic rings. The van der Waals surface area contributed by atoms with E-state index in [-0.39, 0.29) is 24.1 Å². The molecule has 0 aliphatic carbocycles. The highest BCUT2D eigenvalue weighted by Gasteiger charge is 2.31. The molecule has 1 fully saturated rings. The van der Waals surface area contributed by atoms with Gasteiger partial charge in [0.25, 0.3) is 0 Å². The quantitative estimate of drug-likeness (QED) is 0.675. The van der Waals surface area contributed by atoms with Crippen LogP contribution >= 0.6 is 0 Å². The Hall–Kier alpha value is -2.74. The lowest BCUT2D eigenvalue weighted by Crippen LogP contribution is -2.56. The minimum atomic E-state index is -0.516. The van der Waals surface area contributed by atoms with Gasteiger partial charge in [0.15, 0.2) is 0 Å². The first-order valence-corrected chi connectivity index (χ1v) is 9.10. The van der Waals surface area contributed by atoms with E-state index in [2.05, 4.69) is 15.6 Å². The lowest BCUT2D eigenvalue weighted by atomic mass is 10.1. The van der Waals surface area contributed by atoms with E-state index in [0.29, 0.717) is 26.2 Å². The zero-order valence-corrected chi connectivity index (χ0v) is 15.1. The Bertz CT molecular complexity index is 748. The Morgan fingerprint density at radius 2 is 2.15 bits per heavy atom. The largest absolute Gasteiger partial charge is 0.356 e. The predicted molar refractivity (Wildman–Crippen MR) is 98.1 cm³/mol. The number of amides is 2. The summed E-state index contributed by atoms with van der Waals surface area (Å²) in [7, 11) is 0. The van der Waals surface area contributed by atoms with Crippen LogP contribution in [0.2, 0.25) is 0 Å². The smallest absolute Gasteiger partial charge is 0.237 e. The van der Waals surface area contributed by atoms with Crippen LogP contribution in [0.25, 0.3) is 0 Å². The predicted octanol–water partition coefficient (Wildman–Crippen LogP) is 0.919. The van der Waals surface area contributed by atoms with Gasteiger partial charge in [0.2, 0.25) is 11.8 Å². The zero-order chi connectivity index (χ0) is 19.1. The normalized spacial score (nSPS) is 17.5. The highest BCUT2D eigenvalue weighted by atomic mass is 19.1. The molecule has 144 valence electrons. The molecular weight excluding hydrogens is 349 g/mol. The molecule has 8 heteroatoms. The molecule has 1 saturated heterocycles. The molecule has 1 unspecified atom stereocenters. The second-order valence-corrected chi connectivity index (χ2v) is 6.61. The fourth-order valence-electron chi connectivity index (χ4n) is 3.15. The summed E-state index contributed by atoms with van der Waals surface area (Å²) >= 11 is 0. The molecule has 2 N–H and O–H groups in total. The number of nitrogens with one attached hydrogen (secondary N) is 2. The molecule has 0 saturated carbocycles. The van der Waals surface area contributed by atoms with Crippen molar-refractivity contribution in [1.82, 2.24) is 25.1 Å². The van der Waals surface area contributed by atoms with Crippen LogP contribution in [-0.2, 0) is 22.7 Å². The average Bonchev–Trinajstić information content (AvgIpc) is 3.17. The summed E-state index contributed by atoms with van der Waals surface area (Å²) in [6.45, 7) is 3.03. The van der Waals surface area contributed by atoms with Gasteiger partial charge < -0.3 is 15.2 Å². The Kier molecular flexibility index (Phi) is 6.54. The maximum absolute atomic E-state index is 13.1. The van der Waals surface area contributed by atoms with Crippen molar-refractivity contribution < 1.29 is 14.0 Å². The molecule has 2 amide bonds. The van der Waals surface area contributed by atoms with Crippen LogP contribution in [0.1, 0.15) is 18.4 Å². The third-order valence-corrected chi connectivity index (χ3v) is 4.59. The van der Waals surface area contributed by atoms with Gasteiger partial charge in [-0.15, -0.1) is 0 Å². The molecule has 1 aromatic heterocycles. The molecule has 0 spiro atoms. The van der Waals surface area contributed by atoms with Crippen molar-refractivity contribution >= 4 is 11.8 Å². The molecule has 1 aliphatic rings.